The van der Waals surface area contributed by atoms with Crippen molar-refractivity contribution in [3.8, 4) is 0 Å². The van der Waals surface area contributed by atoms with E-state index in [2.05, 4.69) is 20.9 Å². The Morgan fingerprint density at radius 2 is 1.96 bits per heavy atom. The highest BCUT2D eigenvalue weighted by Gasteiger charge is 2.35. The molecule has 0 bridgehead atoms. The number of carbonyl (C=O) groups is 1. The molecule has 3 fully saturated rings. The van der Waals surface area contributed by atoms with Crippen LogP contribution in [0.5, 0.6) is 0 Å². The van der Waals surface area contributed by atoms with Gasteiger partial charge in [-0.3, -0.25) is 9.69 Å². The molecule has 27 heavy (non-hydrogen) atoms. The summed E-state index contributed by atoms with van der Waals surface area (Å²) in [6.45, 7) is 12.6. The average Bonchev–Trinajstić information content (AvgIpc) is 3.09. The monoisotopic (exact) mass is 380 g/mol. The minimum absolute atomic E-state index is 0.143. The lowest BCUT2D eigenvalue weighted by Crippen LogP contribution is -2.52. The summed E-state index contributed by atoms with van der Waals surface area (Å²) in [7, 11) is 0. The maximum absolute atomic E-state index is 12.1. The van der Waals surface area contributed by atoms with Crippen LogP contribution < -0.4 is 16.0 Å². The smallest absolute Gasteiger partial charge is 0.234 e. The predicted octanol–water partition coefficient (Wildman–Crippen LogP) is 1.36. The molecule has 3 N–H and O–H groups in total. The number of morpholine rings is 1. The number of ether oxygens (including phenoxy) is 1. The summed E-state index contributed by atoms with van der Waals surface area (Å²) in [6.07, 6.45) is 6.34. The third-order valence-electron chi connectivity index (χ3n) is 6.29. The van der Waals surface area contributed by atoms with Crippen molar-refractivity contribution in [1.29, 1.82) is 0 Å². The summed E-state index contributed by atoms with van der Waals surface area (Å²) in [5.74, 6) is 1.60. The number of amides is 1. The van der Waals surface area contributed by atoms with Gasteiger partial charge in [0.05, 0.1) is 19.8 Å². The fraction of sp³-hybridized carbons (Fsp3) is 0.952. The van der Waals surface area contributed by atoms with Gasteiger partial charge < -0.3 is 20.7 Å². The Labute approximate surface area is 165 Å². The Morgan fingerprint density at radius 1 is 1.19 bits per heavy atom. The summed E-state index contributed by atoms with van der Waals surface area (Å²) in [4.78, 5) is 14.4. The average molecular weight is 381 g/mol. The number of nitrogens with zero attached hydrogens (tertiary/aromatic N) is 1. The van der Waals surface area contributed by atoms with Crippen molar-refractivity contribution in [2.75, 3.05) is 45.9 Å². The van der Waals surface area contributed by atoms with Crippen LogP contribution in [0.25, 0.3) is 0 Å². The molecule has 156 valence electrons. The van der Waals surface area contributed by atoms with Crippen LogP contribution in [0.15, 0.2) is 0 Å². The van der Waals surface area contributed by atoms with Gasteiger partial charge in [-0.15, -0.1) is 0 Å². The number of piperidine rings is 1. The molecule has 6 heteroatoms. The van der Waals surface area contributed by atoms with Crippen molar-refractivity contribution in [2.24, 2.45) is 11.8 Å². The third kappa shape index (κ3) is 6.70. The minimum Gasteiger partial charge on any atom is -0.379 e. The molecule has 0 aromatic heterocycles. The highest BCUT2D eigenvalue weighted by molar-refractivity contribution is 5.78. The Hall–Kier alpha value is -0.690. The number of rotatable bonds is 6. The van der Waals surface area contributed by atoms with Gasteiger partial charge in [0, 0.05) is 24.2 Å². The largest absolute Gasteiger partial charge is 0.379 e. The van der Waals surface area contributed by atoms with E-state index in [0.29, 0.717) is 24.5 Å². The molecule has 3 unspecified atom stereocenters. The van der Waals surface area contributed by atoms with Crippen molar-refractivity contribution in [3.05, 3.63) is 0 Å². The highest BCUT2D eigenvalue weighted by atomic mass is 16.5. The van der Waals surface area contributed by atoms with Gasteiger partial charge in [-0.25, -0.2) is 0 Å². The summed E-state index contributed by atoms with van der Waals surface area (Å²) in [5, 5.41) is 10.6. The van der Waals surface area contributed by atoms with Crippen LogP contribution in [-0.2, 0) is 9.53 Å². The molecule has 3 aliphatic rings. The molecule has 3 rings (SSSR count). The van der Waals surface area contributed by atoms with Crippen molar-refractivity contribution < 1.29 is 9.53 Å². The van der Waals surface area contributed by atoms with Crippen LogP contribution in [0.3, 0.4) is 0 Å². The second kappa shape index (κ2) is 9.68. The number of hydrogen-bond acceptors (Lipinski definition) is 5. The molecule has 1 aliphatic carbocycles. The molecular weight excluding hydrogens is 340 g/mol. The molecule has 2 saturated heterocycles. The Morgan fingerprint density at radius 3 is 2.63 bits per heavy atom. The molecule has 3 atom stereocenters. The van der Waals surface area contributed by atoms with Crippen LogP contribution in [0, 0.1) is 11.8 Å². The van der Waals surface area contributed by atoms with Crippen LogP contribution in [0.2, 0.25) is 0 Å². The van der Waals surface area contributed by atoms with E-state index in [9.17, 15) is 4.79 Å². The quantitative estimate of drug-likeness (QED) is 0.649. The lowest BCUT2D eigenvalue weighted by molar-refractivity contribution is -0.124. The number of likely N-dealkylation sites (tertiary alicyclic amines) is 1. The molecule has 6 nitrogen and oxygen atoms in total. The molecular formula is C21H40N4O2. The normalized spacial score (nSPS) is 31.1. The number of carbonyl (C=O) groups excluding carboxylic acids is 1. The zero-order chi connectivity index (χ0) is 19.3. The molecule has 0 spiro atoms. The minimum atomic E-state index is -0.143. The van der Waals surface area contributed by atoms with Gasteiger partial charge in [-0.05, 0) is 77.9 Å². The van der Waals surface area contributed by atoms with Crippen LogP contribution in [0.1, 0.15) is 52.9 Å². The molecule has 0 aromatic rings. The zero-order valence-electron chi connectivity index (χ0n) is 17.6. The first kappa shape index (κ1) is 21.0. The fourth-order valence-electron chi connectivity index (χ4n) is 4.91. The Balaban J connectivity index is 1.35. The molecule has 0 aromatic carbocycles. The summed E-state index contributed by atoms with van der Waals surface area (Å²) in [5.41, 5.74) is -0.143. The van der Waals surface area contributed by atoms with E-state index in [1.54, 1.807) is 0 Å². The van der Waals surface area contributed by atoms with Crippen molar-refractivity contribution >= 4 is 5.91 Å². The second-order valence-corrected chi connectivity index (χ2v) is 9.76. The number of hydrogen-bond donors (Lipinski definition) is 3. The van der Waals surface area contributed by atoms with Crippen LogP contribution >= 0.6 is 0 Å². The molecule has 1 saturated carbocycles. The topological polar surface area (TPSA) is 65.6 Å². The number of nitrogens with one attached hydrogen (secondary N) is 3. The van der Waals surface area contributed by atoms with Crippen molar-refractivity contribution in [3.63, 3.8) is 0 Å². The van der Waals surface area contributed by atoms with Gasteiger partial charge in [-0.1, -0.05) is 6.42 Å². The molecule has 0 radical (unpaired) electrons. The van der Waals surface area contributed by atoms with Gasteiger partial charge >= 0.3 is 0 Å². The van der Waals surface area contributed by atoms with Crippen molar-refractivity contribution in [2.45, 2.75) is 70.5 Å². The van der Waals surface area contributed by atoms with Gasteiger partial charge in [0.2, 0.25) is 5.91 Å². The summed E-state index contributed by atoms with van der Waals surface area (Å²) < 4.78 is 5.68. The van der Waals surface area contributed by atoms with Gasteiger partial charge in [0.25, 0.3) is 0 Å². The van der Waals surface area contributed by atoms with E-state index >= 15 is 0 Å². The maximum atomic E-state index is 12.1. The molecule has 2 aliphatic heterocycles. The van der Waals surface area contributed by atoms with E-state index in [1.807, 2.05) is 20.8 Å². The lowest BCUT2D eigenvalue weighted by Gasteiger charge is -2.35. The highest BCUT2D eigenvalue weighted by Crippen LogP contribution is 2.30. The molecule has 2 heterocycles. The SMILES string of the molecule is CC(C)(C)NC(=O)CN1CCC(CNC2CCCC2C2COCCN2)CC1. The first-order chi connectivity index (χ1) is 12.9. The van der Waals surface area contributed by atoms with E-state index in [-0.39, 0.29) is 11.4 Å². The van der Waals surface area contributed by atoms with E-state index in [1.165, 1.54) is 32.1 Å². The fourth-order valence-corrected chi connectivity index (χ4v) is 4.91. The predicted molar refractivity (Wildman–Crippen MR) is 109 cm³/mol. The van der Waals surface area contributed by atoms with E-state index in [4.69, 9.17) is 4.74 Å². The summed E-state index contributed by atoms with van der Waals surface area (Å²) >= 11 is 0. The van der Waals surface area contributed by atoms with Crippen molar-refractivity contribution in [1.82, 2.24) is 20.9 Å². The maximum Gasteiger partial charge on any atom is 0.234 e. The van der Waals surface area contributed by atoms with Gasteiger partial charge in [0.1, 0.15) is 0 Å². The first-order valence-electron chi connectivity index (χ1n) is 11.0. The van der Waals surface area contributed by atoms with Gasteiger partial charge in [0.15, 0.2) is 0 Å². The summed E-state index contributed by atoms with van der Waals surface area (Å²) in [6, 6.07) is 1.17. The van der Waals surface area contributed by atoms with E-state index in [0.717, 1.165) is 45.3 Å². The second-order valence-electron chi connectivity index (χ2n) is 9.76. The van der Waals surface area contributed by atoms with Gasteiger partial charge in [-0.2, -0.15) is 0 Å². The standard InChI is InChI=1S/C21H40N4O2/c1-21(2,3)24-20(26)14-25-10-7-16(8-11-25)13-23-18-6-4-5-17(18)19-15-27-12-9-22-19/h16-19,22-23H,4-15H2,1-3H3,(H,24,26). The Bertz CT molecular complexity index is 465. The van der Waals surface area contributed by atoms with Crippen LogP contribution in [-0.4, -0.2) is 74.4 Å². The zero-order valence-corrected chi connectivity index (χ0v) is 17.6. The third-order valence-corrected chi connectivity index (χ3v) is 6.29. The Kier molecular flexibility index (Phi) is 7.54. The van der Waals surface area contributed by atoms with E-state index < -0.39 is 0 Å². The lowest BCUT2D eigenvalue weighted by atomic mass is 9.92. The first-order valence-corrected chi connectivity index (χ1v) is 11.0. The molecule has 1 amide bonds. The van der Waals surface area contributed by atoms with Crippen LogP contribution in [0.4, 0.5) is 0 Å².